The predicted molar refractivity (Wildman–Crippen MR) is 151 cm³/mol. The molecule has 11 heteroatoms. The molecule has 2 aromatic heterocycles. The van der Waals surface area contributed by atoms with Crippen LogP contribution in [-0.4, -0.2) is 59.3 Å². The van der Waals surface area contributed by atoms with Crippen LogP contribution in [0.2, 0.25) is 0 Å². The number of nitrogens with one attached hydrogen (secondary N) is 1. The molecule has 2 aliphatic heterocycles. The van der Waals surface area contributed by atoms with Gasteiger partial charge < -0.3 is 15.3 Å². The Labute approximate surface area is 233 Å². The molecule has 2 amide bonds. The van der Waals surface area contributed by atoms with E-state index >= 15 is 0 Å². The quantitative estimate of drug-likeness (QED) is 0.403. The molecule has 1 aromatic carbocycles. The summed E-state index contributed by atoms with van der Waals surface area (Å²) in [5, 5.41) is 17.7. The lowest BCUT2D eigenvalue weighted by atomic mass is 9.89. The van der Waals surface area contributed by atoms with Crippen molar-refractivity contribution in [2.75, 3.05) is 6.54 Å². The molecule has 0 bridgehead atoms. The topological polar surface area (TPSA) is 113 Å². The number of carbonyl (C=O) groups is 2. The number of aliphatic hydroxyl groups is 1. The Hall–Kier alpha value is -2.64. The number of thiazole rings is 1. The van der Waals surface area contributed by atoms with E-state index in [9.17, 15) is 14.7 Å². The summed E-state index contributed by atoms with van der Waals surface area (Å²) in [6, 6.07) is 7.30. The molecular weight excluding hydrogens is 603 g/mol. The number of benzene rings is 1. The first-order valence-corrected chi connectivity index (χ1v) is 14.0. The summed E-state index contributed by atoms with van der Waals surface area (Å²) in [6.45, 7) is 7.95. The number of aromatic nitrogens is 3. The summed E-state index contributed by atoms with van der Waals surface area (Å²) in [5.41, 5.74) is 4.29. The van der Waals surface area contributed by atoms with Crippen LogP contribution < -0.4 is 5.32 Å². The van der Waals surface area contributed by atoms with Gasteiger partial charge >= 0.3 is 0 Å². The van der Waals surface area contributed by atoms with Gasteiger partial charge in [-0.1, -0.05) is 38.1 Å². The van der Waals surface area contributed by atoms with Crippen molar-refractivity contribution in [1.29, 1.82) is 0 Å². The summed E-state index contributed by atoms with van der Waals surface area (Å²) >= 11 is 3.64. The molecule has 4 atom stereocenters. The third-order valence-corrected chi connectivity index (χ3v) is 8.73. The zero-order valence-electron chi connectivity index (χ0n) is 21.1. The number of nitrogens with zero attached hydrogens (tertiary/aromatic N) is 5. The third-order valence-electron chi connectivity index (χ3n) is 7.22. The van der Waals surface area contributed by atoms with Crippen LogP contribution >= 0.6 is 34.2 Å². The van der Waals surface area contributed by atoms with Crippen LogP contribution in [0.5, 0.6) is 0 Å². The first-order valence-electron chi connectivity index (χ1n) is 12.2. The van der Waals surface area contributed by atoms with E-state index in [4.69, 9.17) is 4.99 Å². The molecule has 0 saturated carbocycles. The molecule has 4 heterocycles. The fraction of sp³-hybridized carbons (Fsp3) is 0.423. The van der Waals surface area contributed by atoms with E-state index in [2.05, 4.69) is 38.3 Å². The second-order valence-corrected chi connectivity index (χ2v) is 12.0. The van der Waals surface area contributed by atoms with Gasteiger partial charge in [-0.05, 0) is 30.9 Å². The minimum atomic E-state index is -1.13. The van der Waals surface area contributed by atoms with Gasteiger partial charge in [0.2, 0.25) is 5.91 Å². The highest BCUT2D eigenvalue weighted by Gasteiger charge is 2.48. The smallest absolute Gasteiger partial charge is 0.257 e. The van der Waals surface area contributed by atoms with E-state index in [-0.39, 0.29) is 24.3 Å². The summed E-state index contributed by atoms with van der Waals surface area (Å²) in [6.07, 6.45) is 3.18. The lowest BCUT2D eigenvalue weighted by molar-refractivity contribution is -0.134. The predicted octanol–water partition coefficient (Wildman–Crippen LogP) is 3.66. The molecule has 0 spiro atoms. The maximum Gasteiger partial charge on any atom is 0.257 e. The number of aliphatic hydroxyl groups excluding tert-OH is 1. The SMILES string of the molecule is Cc1ncsc1-c1ccc([C@]2(C)N=C(C3C[C@@H](O)CN3C(=O)C(c3cnn(I)c3)C(C)C)NC2=O)cc1. The van der Waals surface area contributed by atoms with Gasteiger partial charge in [0, 0.05) is 24.7 Å². The lowest BCUT2D eigenvalue weighted by Crippen LogP contribution is -2.48. The lowest BCUT2D eigenvalue weighted by Gasteiger charge is -2.30. The highest BCUT2D eigenvalue weighted by atomic mass is 127. The fourth-order valence-corrected chi connectivity index (χ4v) is 6.47. The molecule has 1 fully saturated rings. The van der Waals surface area contributed by atoms with Crippen molar-refractivity contribution in [3.05, 3.63) is 59.0 Å². The number of hydrogen-bond acceptors (Lipinski definition) is 7. The van der Waals surface area contributed by atoms with Crippen LogP contribution in [0.15, 0.2) is 47.2 Å². The molecule has 2 aliphatic rings. The largest absolute Gasteiger partial charge is 0.391 e. The van der Waals surface area contributed by atoms with Crippen LogP contribution in [0.4, 0.5) is 0 Å². The molecular formula is C26H29IN6O3S. The highest BCUT2D eigenvalue weighted by molar-refractivity contribution is 14.1. The first-order chi connectivity index (χ1) is 17.6. The van der Waals surface area contributed by atoms with E-state index in [0.717, 1.165) is 27.3 Å². The van der Waals surface area contributed by atoms with Crippen LogP contribution in [0, 0.1) is 12.8 Å². The highest BCUT2D eigenvalue weighted by Crippen LogP contribution is 2.36. The maximum atomic E-state index is 13.8. The molecule has 0 aliphatic carbocycles. The average Bonchev–Trinajstić information content (AvgIpc) is 3.62. The summed E-state index contributed by atoms with van der Waals surface area (Å²) in [4.78, 5) is 39.0. The number of amides is 2. The Bertz CT molecular complexity index is 1370. The molecule has 37 heavy (non-hydrogen) atoms. The number of amidine groups is 1. The Morgan fingerprint density at radius 2 is 2.03 bits per heavy atom. The molecule has 194 valence electrons. The van der Waals surface area contributed by atoms with Crippen LogP contribution in [0.3, 0.4) is 0 Å². The summed E-state index contributed by atoms with van der Waals surface area (Å²) in [5.74, 6) is -0.312. The Balaban J connectivity index is 1.43. The van der Waals surface area contributed by atoms with Crippen LogP contribution in [-0.2, 0) is 15.1 Å². The van der Waals surface area contributed by atoms with Gasteiger partial charge in [-0.25, -0.2) is 12.9 Å². The van der Waals surface area contributed by atoms with Crippen molar-refractivity contribution in [3.8, 4) is 10.4 Å². The Kier molecular flexibility index (Phi) is 6.96. The molecule has 1 saturated heterocycles. The molecule has 2 N–H and O–H groups in total. The monoisotopic (exact) mass is 632 g/mol. The number of rotatable bonds is 6. The molecule has 5 rings (SSSR count). The van der Waals surface area contributed by atoms with Gasteiger partial charge in [-0.3, -0.25) is 9.59 Å². The number of halogens is 1. The third kappa shape index (κ3) is 4.72. The number of aryl methyl sites for hydroxylation is 1. The van der Waals surface area contributed by atoms with Gasteiger partial charge in [-0.15, -0.1) is 11.3 Å². The van der Waals surface area contributed by atoms with E-state index in [1.54, 1.807) is 32.3 Å². The average molecular weight is 633 g/mol. The maximum absolute atomic E-state index is 13.8. The zero-order valence-corrected chi connectivity index (χ0v) is 24.0. The second kappa shape index (κ2) is 9.91. The van der Waals surface area contributed by atoms with Crippen molar-refractivity contribution in [3.63, 3.8) is 0 Å². The molecule has 2 unspecified atom stereocenters. The number of likely N-dealkylation sites (tertiary alicyclic amines) is 1. The molecule has 3 aromatic rings. The minimum Gasteiger partial charge on any atom is -0.391 e. The van der Waals surface area contributed by atoms with E-state index in [1.807, 2.05) is 56.7 Å². The van der Waals surface area contributed by atoms with Crippen molar-refractivity contribution in [1.82, 2.24) is 23.2 Å². The van der Waals surface area contributed by atoms with Gasteiger partial charge in [0.05, 0.1) is 63.2 Å². The second-order valence-electron chi connectivity index (χ2n) is 10.1. The van der Waals surface area contributed by atoms with Crippen LogP contribution in [0.25, 0.3) is 10.4 Å². The van der Waals surface area contributed by atoms with Crippen molar-refractivity contribution in [2.45, 2.75) is 57.7 Å². The minimum absolute atomic E-state index is 0.0255. The standard InChI is InChI=1S/C26H29IN6O3S/c1-14(2)21(17-10-29-33(27)11-17)24(35)32-12-19(34)9-20(32)23-30-25(36)26(4,31-23)18-7-5-16(6-8-18)22-15(3)28-13-37-22/h5-8,10-11,13-14,19-21,34H,9,12H2,1-4H3,(H,30,31,36)/t19-,20?,21?,26+/m1/s1. The number of β-amino-alcohol motifs (C(OH)–C–C–N with tert-alkyl or cyclic N) is 1. The number of aliphatic imine (C=N–C) groups is 1. The summed E-state index contributed by atoms with van der Waals surface area (Å²) in [7, 11) is 0. The van der Waals surface area contributed by atoms with Gasteiger partial charge in [0.15, 0.2) is 5.54 Å². The number of carbonyl (C=O) groups excluding carboxylic acids is 2. The van der Waals surface area contributed by atoms with Gasteiger partial charge in [0.25, 0.3) is 5.91 Å². The van der Waals surface area contributed by atoms with Crippen molar-refractivity contribution in [2.24, 2.45) is 10.9 Å². The van der Waals surface area contributed by atoms with E-state index in [0.29, 0.717) is 12.3 Å². The van der Waals surface area contributed by atoms with Crippen LogP contribution in [0.1, 0.15) is 49.9 Å². The molecule has 9 nitrogen and oxygen atoms in total. The van der Waals surface area contributed by atoms with E-state index in [1.165, 1.54) is 0 Å². The Morgan fingerprint density at radius 3 is 2.62 bits per heavy atom. The fourth-order valence-electron chi connectivity index (χ4n) is 5.22. The van der Waals surface area contributed by atoms with E-state index < -0.39 is 23.6 Å². The van der Waals surface area contributed by atoms with Crippen molar-refractivity contribution < 1.29 is 14.7 Å². The van der Waals surface area contributed by atoms with Gasteiger partial charge in [0.1, 0.15) is 5.84 Å². The first kappa shape index (κ1) is 26.0. The number of hydrogen-bond donors (Lipinski definition) is 2. The normalized spacial score (nSPS) is 24.5. The zero-order chi connectivity index (χ0) is 26.5. The Morgan fingerprint density at radius 1 is 1.30 bits per heavy atom. The molecule has 0 radical (unpaired) electrons. The van der Waals surface area contributed by atoms with Gasteiger partial charge in [-0.2, -0.15) is 5.10 Å². The van der Waals surface area contributed by atoms with Crippen molar-refractivity contribution >= 4 is 51.9 Å². The summed E-state index contributed by atoms with van der Waals surface area (Å²) < 4.78 is 1.65.